The summed E-state index contributed by atoms with van der Waals surface area (Å²) in [5, 5.41) is 0. The van der Waals surface area contributed by atoms with Crippen LogP contribution in [0.15, 0.2) is 28.1 Å². The predicted octanol–water partition coefficient (Wildman–Crippen LogP) is 2.50. The Kier molecular flexibility index (Phi) is 2.39. The van der Waals surface area contributed by atoms with E-state index in [2.05, 4.69) is 48.0 Å². The van der Waals surface area contributed by atoms with Gasteiger partial charge in [0, 0.05) is 9.75 Å². The Morgan fingerprint density at radius 2 is 1.67 bits per heavy atom. The summed E-state index contributed by atoms with van der Waals surface area (Å²) in [4.78, 5) is 2.71. The summed E-state index contributed by atoms with van der Waals surface area (Å²) in [6.07, 6.45) is 0. The Hall–Kier alpha value is -0.0551. The molecule has 2 rings (SSSR count). The molecule has 0 aliphatic carbocycles. The second kappa shape index (κ2) is 3.36. The van der Waals surface area contributed by atoms with Gasteiger partial charge in [0.15, 0.2) is 7.85 Å². The SMILES string of the molecule is Bc1ccc(-c2ccc(Br)s2)s1. The molecule has 0 saturated heterocycles. The molecule has 0 bridgehead atoms. The zero-order chi connectivity index (χ0) is 8.55. The molecule has 0 amide bonds. The van der Waals surface area contributed by atoms with Crippen molar-refractivity contribution in [1.29, 1.82) is 0 Å². The molecule has 12 heavy (non-hydrogen) atoms. The number of hydrogen-bond donors (Lipinski definition) is 0. The van der Waals surface area contributed by atoms with Gasteiger partial charge in [0.05, 0.1) is 3.79 Å². The maximum absolute atomic E-state index is 3.46. The summed E-state index contributed by atoms with van der Waals surface area (Å²) in [6, 6.07) is 8.58. The van der Waals surface area contributed by atoms with Gasteiger partial charge < -0.3 is 0 Å². The van der Waals surface area contributed by atoms with Crippen molar-refractivity contribution in [1.82, 2.24) is 0 Å². The van der Waals surface area contributed by atoms with Gasteiger partial charge in [-0.3, -0.25) is 0 Å². The number of rotatable bonds is 1. The first-order chi connectivity index (χ1) is 5.75. The highest BCUT2D eigenvalue weighted by atomic mass is 79.9. The van der Waals surface area contributed by atoms with Crippen molar-refractivity contribution in [3.8, 4) is 9.75 Å². The van der Waals surface area contributed by atoms with Gasteiger partial charge in [-0.15, -0.1) is 11.3 Å². The van der Waals surface area contributed by atoms with E-state index in [1.165, 1.54) is 18.3 Å². The molecule has 2 aromatic heterocycles. The molecule has 2 heterocycles. The molecule has 0 radical (unpaired) electrons. The van der Waals surface area contributed by atoms with Crippen LogP contribution >= 0.6 is 38.6 Å². The summed E-state index contributed by atoms with van der Waals surface area (Å²) >= 11 is 7.08. The molecule has 0 aliphatic heterocycles. The summed E-state index contributed by atoms with van der Waals surface area (Å²) in [7, 11) is 2.14. The van der Waals surface area contributed by atoms with Crippen LogP contribution in [0.25, 0.3) is 9.75 Å². The van der Waals surface area contributed by atoms with Gasteiger partial charge in [0.25, 0.3) is 0 Å². The van der Waals surface area contributed by atoms with Crippen molar-refractivity contribution in [2.45, 2.75) is 0 Å². The molecule has 60 valence electrons. The maximum Gasteiger partial charge on any atom is 0.152 e. The highest BCUT2D eigenvalue weighted by Crippen LogP contribution is 2.32. The van der Waals surface area contributed by atoms with Gasteiger partial charge in [0.1, 0.15) is 0 Å². The number of hydrogen-bond acceptors (Lipinski definition) is 2. The molecule has 0 saturated carbocycles. The maximum atomic E-state index is 3.46. The highest BCUT2D eigenvalue weighted by molar-refractivity contribution is 9.11. The summed E-state index contributed by atoms with van der Waals surface area (Å²) in [5.74, 6) is 0. The fraction of sp³-hybridized carbons (Fsp3) is 0. The van der Waals surface area contributed by atoms with Crippen molar-refractivity contribution >= 4 is 51.2 Å². The molecule has 0 atom stereocenters. The monoisotopic (exact) mass is 256 g/mol. The lowest BCUT2D eigenvalue weighted by Crippen LogP contribution is -1.88. The van der Waals surface area contributed by atoms with Crippen LogP contribution in [0.3, 0.4) is 0 Å². The minimum atomic E-state index is 1.20. The lowest BCUT2D eigenvalue weighted by molar-refractivity contribution is 1.92. The molecular weight excluding hydrogens is 251 g/mol. The summed E-state index contributed by atoms with van der Waals surface area (Å²) in [6.45, 7) is 0. The third-order valence-corrected chi connectivity index (χ3v) is 4.38. The quantitative estimate of drug-likeness (QED) is 0.688. The van der Waals surface area contributed by atoms with Crippen molar-refractivity contribution in [2.75, 3.05) is 0 Å². The molecule has 0 fully saturated rings. The summed E-state index contributed by atoms with van der Waals surface area (Å²) < 4.78 is 2.57. The Morgan fingerprint density at radius 3 is 2.17 bits per heavy atom. The topological polar surface area (TPSA) is 0 Å². The molecule has 0 aliphatic rings. The van der Waals surface area contributed by atoms with Crippen molar-refractivity contribution in [3.63, 3.8) is 0 Å². The van der Waals surface area contributed by atoms with Crippen LogP contribution < -0.4 is 4.78 Å². The van der Waals surface area contributed by atoms with E-state index in [9.17, 15) is 0 Å². The fourth-order valence-electron chi connectivity index (χ4n) is 1.01. The van der Waals surface area contributed by atoms with Crippen LogP contribution in [-0.2, 0) is 0 Å². The van der Waals surface area contributed by atoms with Gasteiger partial charge in [0.2, 0.25) is 0 Å². The molecule has 2 aromatic rings. The molecule has 0 N–H and O–H groups in total. The van der Waals surface area contributed by atoms with Crippen molar-refractivity contribution in [3.05, 3.63) is 28.1 Å². The van der Waals surface area contributed by atoms with Gasteiger partial charge in [-0.2, -0.15) is 11.3 Å². The van der Waals surface area contributed by atoms with Crippen LogP contribution in [0.5, 0.6) is 0 Å². The van der Waals surface area contributed by atoms with Crippen molar-refractivity contribution < 1.29 is 0 Å². The van der Waals surface area contributed by atoms with E-state index >= 15 is 0 Å². The number of halogens is 1. The van der Waals surface area contributed by atoms with Gasteiger partial charge in [-0.25, -0.2) is 0 Å². The zero-order valence-corrected chi connectivity index (χ0v) is 9.72. The molecule has 0 unspecified atom stereocenters. The van der Waals surface area contributed by atoms with E-state index in [4.69, 9.17) is 0 Å². The molecular formula is C8H6BBrS2. The van der Waals surface area contributed by atoms with Crippen LogP contribution in [0.4, 0.5) is 0 Å². The fourth-order valence-corrected chi connectivity index (χ4v) is 3.36. The highest BCUT2D eigenvalue weighted by Gasteiger charge is 2.02. The van der Waals surface area contributed by atoms with Gasteiger partial charge >= 0.3 is 0 Å². The van der Waals surface area contributed by atoms with Crippen LogP contribution in [0, 0.1) is 0 Å². The van der Waals surface area contributed by atoms with E-state index in [-0.39, 0.29) is 0 Å². The van der Waals surface area contributed by atoms with Gasteiger partial charge in [-0.05, 0) is 38.9 Å². The third kappa shape index (κ3) is 1.65. The second-order valence-electron chi connectivity index (χ2n) is 2.51. The Bertz CT molecular complexity index is 353. The lowest BCUT2D eigenvalue weighted by atomic mass is 10.1. The van der Waals surface area contributed by atoms with Crippen LogP contribution in [0.1, 0.15) is 0 Å². The predicted molar refractivity (Wildman–Crippen MR) is 63.5 cm³/mol. The van der Waals surface area contributed by atoms with E-state index in [0.717, 1.165) is 0 Å². The normalized spacial score (nSPS) is 10.4. The van der Waals surface area contributed by atoms with E-state index in [1.54, 1.807) is 11.3 Å². The Labute approximate surface area is 88.8 Å². The van der Waals surface area contributed by atoms with E-state index < -0.39 is 0 Å². The first kappa shape index (κ1) is 8.54. The first-order valence-electron chi connectivity index (χ1n) is 3.58. The molecule has 0 spiro atoms. The second-order valence-corrected chi connectivity index (χ2v) is 6.26. The first-order valence-corrected chi connectivity index (χ1v) is 6.00. The average molecular weight is 257 g/mol. The number of thiophene rings is 2. The lowest BCUT2D eigenvalue weighted by Gasteiger charge is -1.86. The largest absolute Gasteiger partial charge is 0.152 e. The third-order valence-electron chi connectivity index (χ3n) is 1.56. The summed E-state index contributed by atoms with van der Waals surface area (Å²) in [5.41, 5.74) is 0. The van der Waals surface area contributed by atoms with Crippen LogP contribution in [-0.4, -0.2) is 7.85 Å². The minimum Gasteiger partial charge on any atom is -0.150 e. The average Bonchev–Trinajstić information content (AvgIpc) is 2.58. The zero-order valence-electron chi connectivity index (χ0n) is 6.50. The standard InChI is InChI=1S/C8H6BBrS2/c9-7-3-1-5(11-7)6-2-4-8(10)12-6/h1-4H,9H2. The Balaban J connectivity index is 2.43. The van der Waals surface area contributed by atoms with Gasteiger partial charge in [-0.1, -0.05) is 6.07 Å². The van der Waals surface area contributed by atoms with Crippen LogP contribution in [0.2, 0.25) is 0 Å². The molecule has 0 aromatic carbocycles. The smallest absolute Gasteiger partial charge is 0.150 e. The van der Waals surface area contributed by atoms with E-state index in [0.29, 0.717) is 0 Å². The molecule has 4 heteroatoms. The minimum absolute atomic E-state index is 1.20. The Morgan fingerprint density at radius 1 is 1.00 bits per heavy atom. The van der Waals surface area contributed by atoms with E-state index in [1.807, 2.05) is 11.3 Å². The molecule has 0 nitrogen and oxygen atoms in total. The van der Waals surface area contributed by atoms with Crippen molar-refractivity contribution in [2.24, 2.45) is 0 Å².